The molecule has 3 nitrogen and oxygen atoms in total. The zero-order chi connectivity index (χ0) is 13.0. The first-order valence-corrected chi connectivity index (χ1v) is 6.01. The van der Waals surface area contributed by atoms with Crippen molar-refractivity contribution in [2.24, 2.45) is 0 Å². The Morgan fingerprint density at radius 2 is 2.11 bits per heavy atom. The van der Waals surface area contributed by atoms with Gasteiger partial charge >= 0.3 is 0 Å². The fourth-order valence-corrected chi connectivity index (χ4v) is 1.95. The summed E-state index contributed by atoms with van der Waals surface area (Å²) in [6.07, 6.45) is 3.66. The van der Waals surface area contributed by atoms with Gasteiger partial charge in [0, 0.05) is 31.7 Å². The van der Waals surface area contributed by atoms with Gasteiger partial charge in [0.25, 0.3) is 0 Å². The van der Waals surface area contributed by atoms with Gasteiger partial charge in [-0.25, -0.2) is 0 Å². The minimum absolute atomic E-state index is 0.0957. The summed E-state index contributed by atoms with van der Waals surface area (Å²) in [5, 5.41) is 9.16. The Labute approximate surface area is 108 Å². The highest BCUT2D eigenvalue weighted by molar-refractivity contribution is 5.50. The number of aromatic nitrogens is 1. The highest BCUT2D eigenvalue weighted by atomic mass is 16.3. The fraction of sp³-hybridized carbons (Fsp3) is 0.267. The molecule has 0 bridgehead atoms. The second-order valence-electron chi connectivity index (χ2n) is 4.49. The molecule has 0 aliphatic heterocycles. The Hall–Kier alpha value is -1.87. The summed E-state index contributed by atoms with van der Waals surface area (Å²) < 4.78 is 0. The molecular formula is C15H18N2O. The number of pyridine rings is 1. The molecule has 3 heteroatoms. The van der Waals surface area contributed by atoms with E-state index in [0.717, 1.165) is 23.4 Å². The molecule has 1 aromatic carbocycles. The van der Waals surface area contributed by atoms with Crippen LogP contribution in [0.5, 0.6) is 0 Å². The van der Waals surface area contributed by atoms with Crippen LogP contribution in [-0.2, 0) is 13.2 Å². The Kier molecular flexibility index (Phi) is 3.95. The monoisotopic (exact) mass is 242 g/mol. The van der Waals surface area contributed by atoms with Crippen LogP contribution in [-0.4, -0.2) is 17.1 Å². The van der Waals surface area contributed by atoms with E-state index in [2.05, 4.69) is 29.1 Å². The third-order valence-corrected chi connectivity index (χ3v) is 3.08. The number of rotatable bonds is 4. The van der Waals surface area contributed by atoms with Crippen molar-refractivity contribution in [3.05, 3.63) is 59.4 Å². The van der Waals surface area contributed by atoms with Crippen LogP contribution in [0, 0.1) is 6.92 Å². The molecule has 0 aliphatic carbocycles. The number of aliphatic hydroxyl groups excluding tert-OH is 1. The number of aliphatic hydroxyl groups is 1. The Balaban J connectivity index is 2.14. The van der Waals surface area contributed by atoms with Crippen molar-refractivity contribution in [1.82, 2.24) is 4.98 Å². The largest absolute Gasteiger partial charge is 0.392 e. The molecule has 0 saturated carbocycles. The predicted molar refractivity (Wildman–Crippen MR) is 73.4 cm³/mol. The van der Waals surface area contributed by atoms with E-state index in [4.69, 9.17) is 5.11 Å². The van der Waals surface area contributed by atoms with E-state index in [-0.39, 0.29) is 6.61 Å². The van der Waals surface area contributed by atoms with Gasteiger partial charge in [-0.2, -0.15) is 0 Å². The summed E-state index contributed by atoms with van der Waals surface area (Å²) >= 11 is 0. The van der Waals surface area contributed by atoms with Crippen LogP contribution in [0.4, 0.5) is 5.69 Å². The number of nitrogens with zero attached hydrogens (tertiary/aromatic N) is 2. The van der Waals surface area contributed by atoms with Crippen LogP contribution < -0.4 is 4.90 Å². The molecule has 18 heavy (non-hydrogen) atoms. The fourth-order valence-electron chi connectivity index (χ4n) is 1.95. The van der Waals surface area contributed by atoms with Crippen LogP contribution in [0.15, 0.2) is 42.7 Å². The molecule has 1 heterocycles. The van der Waals surface area contributed by atoms with Crippen LogP contribution in [0.25, 0.3) is 0 Å². The Morgan fingerprint density at radius 3 is 2.72 bits per heavy atom. The molecule has 0 atom stereocenters. The lowest BCUT2D eigenvalue weighted by molar-refractivity contribution is 0.281. The zero-order valence-corrected chi connectivity index (χ0v) is 10.8. The minimum Gasteiger partial charge on any atom is -0.392 e. The first-order valence-electron chi connectivity index (χ1n) is 6.01. The first-order chi connectivity index (χ1) is 8.70. The minimum atomic E-state index is 0.0957. The predicted octanol–water partition coefficient (Wildman–Crippen LogP) is 2.52. The number of benzene rings is 1. The van der Waals surface area contributed by atoms with E-state index in [1.165, 1.54) is 5.56 Å². The second kappa shape index (κ2) is 5.65. The van der Waals surface area contributed by atoms with Gasteiger partial charge in [-0.15, -0.1) is 0 Å². The molecule has 0 radical (unpaired) electrons. The van der Waals surface area contributed by atoms with Gasteiger partial charge in [0.15, 0.2) is 0 Å². The van der Waals surface area contributed by atoms with Crippen LogP contribution in [0.3, 0.4) is 0 Å². The van der Waals surface area contributed by atoms with Gasteiger partial charge in [-0.05, 0) is 41.8 Å². The van der Waals surface area contributed by atoms with Gasteiger partial charge in [0.2, 0.25) is 0 Å². The highest BCUT2D eigenvalue weighted by Crippen LogP contribution is 2.19. The van der Waals surface area contributed by atoms with Crippen LogP contribution >= 0.6 is 0 Å². The molecule has 0 spiro atoms. The maximum absolute atomic E-state index is 9.16. The van der Waals surface area contributed by atoms with E-state index in [0.29, 0.717) is 0 Å². The lowest BCUT2D eigenvalue weighted by atomic mass is 10.1. The first kappa shape index (κ1) is 12.6. The summed E-state index contributed by atoms with van der Waals surface area (Å²) in [6.45, 7) is 2.94. The summed E-state index contributed by atoms with van der Waals surface area (Å²) in [4.78, 5) is 6.29. The topological polar surface area (TPSA) is 36.4 Å². The third kappa shape index (κ3) is 2.87. The Bertz CT molecular complexity index is 511. The van der Waals surface area contributed by atoms with Gasteiger partial charge in [-0.1, -0.05) is 12.1 Å². The molecule has 1 aromatic heterocycles. The molecule has 0 unspecified atom stereocenters. The standard InChI is InChI=1S/C15H18N2O/c1-12-8-15(6-5-14(12)11-18)17(2)10-13-4-3-7-16-9-13/h3-9,18H,10-11H2,1-2H3. The lowest BCUT2D eigenvalue weighted by Crippen LogP contribution is -2.16. The third-order valence-electron chi connectivity index (χ3n) is 3.08. The normalized spacial score (nSPS) is 10.4. The van der Waals surface area contributed by atoms with Crippen molar-refractivity contribution in [1.29, 1.82) is 0 Å². The number of anilines is 1. The smallest absolute Gasteiger partial charge is 0.0684 e. The van der Waals surface area contributed by atoms with Crippen LogP contribution in [0.2, 0.25) is 0 Å². The molecule has 2 aromatic rings. The van der Waals surface area contributed by atoms with E-state index < -0.39 is 0 Å². The molecule has 1 N–H and O–H groups in total. The number of hydrogen-bond donors (Lipinski definition) is 1. The maximum Gasteiger partial charge on any atom is 0.0684 e. The van der Waals surface area contributed by atoms with E-state index >= 15 is 0 Å². The lowest BCUT2D eigenvalue weighted by Gasteiger charge is -2.20. The average molecular weight is 242 g/mol. The van der Waals surface area contributed by atoms with Gasteiger partial charge in [0.05, 0.1) is 6.61 Å². The zero-order valence-electron chi connectivity index (χ0n) is 10.8. The van der Waals surface area contributed by atoms with Crippen molar-refractivity contribution in [2.45, 2.75) is 20.1 Å². The number of hydrogen-bond acceptors (Lipinski definition) is 3. The SMILES string of the molecule is Cc1cc(N(C)Cc2cccnc2)ccc1CO. The summed E-state index contributed by atoms with van der Waals surface area (Å²) in [7, 11) is 2.06. The summed E-state index contributed by atoms with van der Waals surface area (Å²) in [5.74, 6) is 0. The van der Waals surface area contributed by atoms with E-state index in [9.17, 15) is 0 Å². The molecule has 0 amide bonds. The molecule has 0 fully saturated rings. The number of aryl methyl sites for hydroxylation is 1. The molecule has 0 aliphatic rings. The van der Waals surface area contributed by atoms with E-state index in [1.807, 2.05) is 31.3 Å². The molecule has 0 saturated heterocycles. The summed E-state index contributed by atoms with van der Waals surface area (Å²) in [6, 6.07) is 10.1. The van der Waals surface area contributed by atoms with Crippen molar-refractivity contribution >= 4 is 5.69 Å². The van der Waals surface area contributed by atoms with Gasteiger partial charge in [0.1, 0.15) is 0 Å². The van der Waals surface area contributed by atoms with Gasteiger partial charge in [-0.3, -0.25) is 4.98 Å². The Morgan fingerprint density at radius 1 is 1.28 bits per heavy atom. The highest BCUT2D eigenvalue weighted by Gasteiger charge is 2.04. The van der Waals surface area contributed by atoms with Crippen molar-refractivity contribution in [2.75, 3.05) is 11.9 Å². The summed E-state index contributed by atoms with van der Waals surface area (Å²) in [5.41, 5.74) is 4.43. The molecule has 2 rings (SSSR count). The average Bonchev–Trinajstić information content (AvgIpc) is 2.39. The molecular weight excluding hydrogens is 224 g/mol. The maximum atomic E-state index is 9.16. The van der Waals surface area contributed by atoms with Crippen molar-refractivity contribution in [3.8, 4) is 0 Å². The quantitative estimate of drug-likeness (QED) is 0.895. The van der Waals surface area contributed by atoms with Crippen molar-refractivity contribution in [3.63, 3.8) is 0 Å². The van der Waals surface area contributed by atoms with E-state index in [1.54, 1.807) is 6.20 Å². The van der Waals surface area contributed by atoms with Crippen LogP contribution in [0.1, 0.15) is 16.7 Å². The van der Waals surface area contributed by atoms with Gasteiger partial charge < -0.3 is 10.0 Å². The second-order valence-corrected chi connectivity index (χ2v) is 4.49. The van der Waals surface area contributed by atoms with Crippen molar-refractivity contribution < 1.29 is 5.11 Å². The molecule has 94 valence electrons.